The highest BCUT2D eigenvalue weighted by Gasteiger charge is 2.35. The molecule has 0 radical (unpaired) electrons. The summed E-state index contributed by atoms with van der Waals surface area (Å²) in [6, 6.07) is 6.63. The van der Waals surface area contributed by atoms with Crippen molar-refractivity contribution in [2.75, 3.05) is 26.7 Å². The van der Waals surface area contributed by atoms with Gasteiger partial charge in [0.1, 0.15) is 0 Å². The molecule has 0 bridgehead atoms. The van der Waals surface area contributed by atoms with Crippen LogP contribution in [0.25, 0.3) is 0 Å². The van der Waals surface area contributed by atoms with E-state index in [9.17, 15) is 19.2 Å². The molecule has 27 heavy (non-hydrogen) atoms. The van der Waals surface area contributed by atoms with Crippen LogP contribution in [0, 0.1) is 11.8 Å². The molecule has 1 atom stereocenters. The fourth-order valence-electron chi connectivity index (χ4n) is 3.13. The molecule has 1 aliphatic heterocycles. The predicted molar refractivity (Wildman–Crippen MR) is 99.0 cm³/mol. The molecule has 1 aliphatic rings. The van der Waals surface area contributed by atoms with Crippen molar-refractivity contribution < 1.29 is 23.9 Å². The van der Waals surface area contributed by atoms with E-state index in [1.54, 1.807) is 36.1 Å². The first kappa shape index (κ1) is 20.6. The largest absolute Gasteiger partial charge is 0.469 e. The van der Waals surface area contributed by atoms with Gasteiger partial charge in [-0.2, -0.15) is 0 Å². The van der Waals surface area contributed by atoms with Crippen molar-refractivity contribution in [1.82, 2.24) is 9.80 Å². The fourth-order valence-corrected chi connectivity index (χ4v) is 3.13. The van der Waals surface area contributed by atoms with Gasteiger partial charge in [-0.05, 0) is 18.1 Å². The average Bonchev–Trinajstić information content (AvgIpc) is 2.89. The van der Waals surface area contributed by atoms with Gasteiger partial charge >= 0.3 is 5.97 Å². The van der Waals surface area contributed by atoms with Crippen LogP contribution in [0.2, 0.25) is 0 Å². The Balaban J connectivity index is 2.02. The van der Waals surface area contributed by atoms with E-state index in [1.165, 1.54) is 7.11 Å². The van der Waals surface area contributed by atoms with Gasteiger partial charge in [-0.15, -0.1) is 0 Å². The smallest absolute Gasteiger partial charge is 0.310 e. The van der Waals surface area contributed by atoms with E-state index in [0.29, 0.717) is 17.7 Å². The van der Waals surface area contributed by atoms with E-state index in [4.69, 9.17) is 4.74 Å². The number of amides is 3. The summed E-state index contributed by atoms with van der Waals surface area (Å²) in [7, 11) is 1.32. The van der Waals surface area contributed by atoms with E-state index < -0.39 is 5.92 Å². The van der Waals surface area contributed by atoms with Gasteiger partial charge in [-0.25, -0.2) is 0 Å². The summed E-state index contributed by atoms with van der Waals surface area (Å²) in [5.74, 6) is -1.55. The highest BCUT2D eigenvalue weighted by atomic mass is 16.5. The fraction of sp³-hybridized carbons (Fsp3) is 0.500. The van der Waals surface area contributed by atoms with Crippen LogP contribution in [0.3, 0.4) is 0 Å². The zero-order valence-electron chi connectivity index (χ0n) is 16.2. The van der Waals surface area contributed by atoms with Crippen molar-refractivity contribution in [1.29, 1.82) is 0 Å². The quantitative estimate of drug-likeness (QED) is 0.513. The molecule has 1 heterocycles. The van der Waals surface area contributed by atoms with Gasteiger partial charge in [-0.3, -0.25) is 24.1 Å². The number of benzene rings is 1. The number of carbonyl (C=O) groups is 4. The van der Waals surface area contributed by atoms with Crippen molar-refractivity contribution in [2.45, 2.75) is 27.2 Å². The van der Waals surface area contributed by atoms with Crippen molar-refractivity contribution in [3.8, 4) is 0 Å². The van der Waals surface area contributed by atoms with E-state index in [1.807, 2.05) is 13.8 Å². The second kappa shape index (κ2) is 8.79. The highest BCUT2D eigenvalue weighted by Crippen LogP contribution is 2.22. The number of carbonyl (C=O) groups excluding carboxylic acids is 4. The van der Waals surface area contributed by atoms with Crippen LogP contribution in [0.1, 0.15) is 47.9 Å². The van der Waals surface area contributed by atoms with Gasteiger partial charge in [0, 0.05) is 26.1 Å². The predicted octanol–water partition coefficient (Wildman–Crippen LogP) is 1.97. The Morgan fingerprint density at radius 1 is 1.04 bits per heavy atom. The molecule has 1 aromatic rings. The minimum Gasteiger partial charge on any atom is -0.469 e. The summed E-state index contributed by atoms with van der Waals surface area (Å²) >= 11 is 0. The molecule has 0 saturated carbocycles. The molecule has 2 rings (SSSR count). The molecule has 3 amide bonds. The zero-order chi connectivity index (χ0) is 20.1. The molecular weight excluding hydrogens is 348 g/mol. The minimum atomic E-state index is -0.447. The van der Waals surface area contributed by atoms with E-state index in [2.05, 4.69) is 0 Å². The standard InChI is InChI=1S/C20H26N2O5/c1-13(2)11-21(12-14(3)20(26)27-4)17(23)9-10-22-18(24)15-7-5-6-8-16(15)19(22)25/h5-8,13-14H,9-12H2,1-4H3. The maximum Gasteiger partial charge on any atom is 0.310 e. The third kappa shape index (κ3) is 4.72. The first-order valence-corrected chi connectivity index (χ1v) is 9.07. The number of methoxy groups -OCH3 is 1. The first-order valence-electron chi connectivity index (χ1n) is 9.07. The monoisotopic (exact) mass is 374 g/mol. The molecule has 0 N–H and O–H groups in total. The van der Waals surface area contributed by atoms with Crippen molar-refractivity contribution in [3.63, 3.8) is 0 Å². The SMILES string of the molecule is COC(=O)C(C)CN(CC(C)C)C(=O)CCN1C(=O)c2ccccc2C1=O. The Bertz CT molecular complexity index is 709. The first-order chi connectivity index (χ1) is 12.8. The van der Waals surface area contributed by atoms with Crippen molar-refractivity contribution in [2.24, 2.45) is 11.8 Å². The molecule has 0 aliphatic carbocycles. The third-order valence-corrected chi connectivity index (χ3v) is 4.46. The molecule has 146 valence electrons. The number of fused-ring (bicyclic) bond motifs is 1. The van der Waals surface area contributed by atoms with E-state index in [-0.39, 0.29) is 49.1 Å². The molecule has 7 heteroatoms. The van der Waals surface area contributed by atoms with Crippen molar-refractivity contribution >= 4 is 23.7 Å². The number of hydrogen-bond donors (Lipinski definition) is 0. The molecule has 0 aromatic heterocycles. The molecule has 7 nitrogen and oxygen atoms in total. The number of ether oxygens (including phenoxy) is 1. The second-order valence-corrected chi connectivity index (χ2v) is 7.17. The Morgan fingerprint density at radius 3 is 2.07 bits per heavy atom. The van der Waals surface area contributed by atoms with Crippen LogP contribution in [0.5, 0.6) is 0 Å². The summed E-state index contributed by atoms with van der Waals surface area (Å²) in [6.45, 7) is 6.41. The summed E-state index contributed by atoms with van der Waals surface area (Å²) in [5, 5.41) is 0. The topological polar surface area (TPSA) is 84.0 Å². The van der Waals surface area contributed by atoms with Gasteiger partial charge in [-0.1, -0.05) is 32.9 Å². The van der Waals surface area contributed by atoms with Gasteiger partial charge in [0.05, 0.1) is 24.2 Å². The van der Waals surface area contributed by atoms with Gasteiger partial charge in [0.15, 0.2) is 0 Å². The van der Waals surface area contributed by atoms with Gasteiger partial charge in [0.2, 0.25) is 5.91 Å². The second-order valence-electron chi connectivity index (χ2n) is 7.17. The van der Waals surface area contributed by atoms with E-state index >= 15 is 0 Å². The van der Waals surface area contributed by atoms with Crippen molar-refractivity contribution in [3.05, 3.63) is 35.4 Å². The number of esters is 1. The molecule has 1 aromatic carbocycles. The maximum absolute atomic E-state index is 12.7. The number of imide groups is 1. The van der Waals surface area contributed by atoms with Crippen LogP contribution in [0.4, 0.5) is 0 Å². The van der Waals surface area contributed by atoms with Crippen LogP contribution in [0.15, 0.2) is 24.3 Å². The lowest BCUT2D eigenvalue weighted by Crippen LogP contribution is -2.41. The minimum absolute atomic E-state index is 0.0199. The highest BCUT2D eigenvalue weighted by molar-refractivity contribution is 6.21. The Kier molecular flexibility index (Phi) is 6.71. The van der Waals surface area contributed by atoms with Gasteiger partial charge in [0.25, 0.3) is 11.8 Å². The maximum atomic E-state index is 12.7. The van der Waals surface area contributed by atoms with Gasteiger partial charge < -0.3 is 9.64 Å². The summed E-state index contributed by atoms with van der Waals surface area (Å²) in [4.78, 5) is 51.9. The third-order valence-electron chi connectivity index (χ3n) is 4.46. The number of hydrogen-bond acceptors (Lipinski definition) is 5. The summed E-state index contributed by atoms with van der Waals surface area (Å²) in [6.07, 6.45) is 0.0199. The van der Waals surface area contributed by atoms with Crippen LogP contribution in [-0.4, -0.2) is 60.2 Å². The lowest BCUT2D eigenvalue weighted by Gasteiger charge is -2.27. The molecule has 0 fully saturated rings. The average molecular weight is 374 g/mol. The summed E-state index contributed by atoms with van der Waals surface area (Å²) in [5.41, 5.74) is 0.738. The molecule has 1 unspecified atom stereocenters. The lowest BCUT2D eigenvalue weighted by atomic mass is 10.1. The van der Waals surface area contributed by atoms with E-state index in [0.717, 1.165) is 4.90 Å². The Morgan fingerprint density at radius 2 is 1.59 bits per heavy atom. The normalized spacial score (nSPS) is 14.3. The van der Waals surface area contributed by atoms with Crippen LogP contribution < -0.4 is 0 Å². The number of nitrogens with zero attached hydrogens (tertiary/aromatic N) is 2. The molecular formula is C20H26N2O5. The molecule has 0 spiro atoms. The Labute approximate surface area is 159 Å². The lowest BCUT2D eigenvalue weighted by molar-refractivity contribution is -0.146. The Hall–Kier alpha value is -2.70. The summed E-state index contributed by atoms with van der Waals surface area (Å²) < 4.78 is 4.73. The zero-order valence-corrected chi connectivity index (χ0v) is 16.2. The van der Waals surface area contributed by atoms with Crippen LogP contribution >= 0.6 is 0 Å². The number of rotatable bonds is 8. The molecule has 0 saturated heterocycles. The van der Waals surface area contributed by atoms with Crippen LogP contribution in [-0.2, 0) is 14.3 Å².